The van der Waals surface area contributed by atoms with Crippen molar-refractivity contribution in [2.24, 2.45) is 0 Å². The van der Waals surface area contributed by atoms with E-state index in [9.17, 15) is 9.18 Å². The van der Waals surface area contributed by atoms with Crippen molar-refractivity contribution in [2.45, 2.75) is 0 Å². The van der Waals surface area contributed by atoms with E-state index < -0.39 is 0 Å². The second-order valence-corrected chi connectivity index (χ2v) is 2.81. The number of rotatable bonds is 2. The Bertz CT molecular complexity index is 451. The van der Waals surface area contributed by atoms with Gasteiger partial charge in [-0.3, -0.25) is 4.79 Å². The van der Waals surface area contributed by atoms with Gasteiger partial charge in [0.1, 0.15) is 5.82 Å². The Labute approximate surface area is 79.6 Å². The summed E-state index contributed by atoms with van der Waals surface area (Å²) in [6.07, 6.45) is 3.71. The molecule has 0 spiro atoms. The molecule has 0 unspecified atom stereocenters. The molecule has 0 aliphatic heterocycles. The smallest absolute Gasteiger partial charge is 0.150 e. The SMILES string of the molecule is O=Cc1ccc(F)cc1-c1cnc[nH]1. The van der Waals surface area contributed by atoms with Crippen molar-refractivity contribution in [3.8, 4) is 11.3 Å². The molecule has 2 aromatic rings. The summed E-state index contributed by atoms with van der Waals surface area (Å²) in [5.74, 6) is -0.375. The van der Waals surface area contributed by atoms with Crippen molar-refractivity contribution in [1.82, 2.24) is 9.97 Å². The zero-order chi connectivity index (χ0) is 9.97. The van der Waals surface area contributed by atoms with E-state index in [-0.39, 0.29) is 5.82 Å². The monoisotopic (exact) mass is 190 g/mol. The van der Waals surface area contributed by atoms with Gasteiger partial charge in [-0.05, 0) is 18.2 Å². The van der Waals surface area contributed by atoms with Crippen LogP contribution in [0.4, 0.5) is 4.39 Å². The van der Waals surface area contributed by atoms with Crippen LogP contribution < -0.4 is 0 Å². The summed E-state index contributed by atoms with van der Waals surface area (Å²) < 4.78 is 12.9. The van der Waals surface area contributed by atoms with Crippen LogP contribution in [0.15, 0.2) is 30.7 Å². The Kier molecular flexibility index (Phi) is 2.10. The molecule has 1 aromatic carbocycles. The van der Waals surface area contributed by atoms with E-state index in [2.05, 4.69) is 9.97 Å². The number of carbonyl (C=O) groups is 1. The molecule has 70 valence electrons. The molecular weight excluding hydrogens is 183 g/mol. The Morgan fingerprint density at radius 3 is 2.93 bits per heavy atom. The third-order valence-electron chi connectivity index (χ3n) is 1.93. The van der Waals surface area contributed by atoms with Gasteiger partial charge in [0.2, 0.25) is 0 Å². The second-order valence-electron chi connectivity index (χ2n) is 2.81. The van der Waals surface area contributed by atoms with Gasteiger partial charge in [-0.25, -0.2) is 9.37 Å². The van der Waals surface area contributed by atoms with Crippen LogP contribution in [0.1, 0.15) is 10.4 Å². The lowest BCUT2D eigenvalue weighted by atomic mass is 10.1. The molecule has 0 aliphatic carbocycles. The number of nitrogens with zero attached hydrogens (tertiary/aromatic N) is 1. The third kappa shape index (κ3) is 1.42. The lowest BCUT2D eigenvalue weighted by Crippen LogP contribution is -1.89. The van der Waals surface area contributed by atoms with E-state index >= 15 is 0 Å². The second kappa shape index (κ2) is 3.41. The normalized spacial score (nSPS) is 10.1. The Balaban J connectivity index is 2.61. The quantitative estimate of drug-likeness (QED) is 0.736. The third-order valence-corrected chi connectivity index (χ3v) is 1.93. The first-order chi connectivity index (χ1) is 6.81. The predicted octanol–water partition coefficient (Wildman–Crippen LogP) is 2.03. The molecule has 0 aliphatic rings. The first-order valence-electron chi connectivity index (χ1n) is 4.05. The van der Waals surface area contributed by atoms with Gasteiger partial charge in [-0.15, -0.1) is 0 Å². The molecule has 2 rings (SSSR count). The first-order valence-corrected chi connectivity index (χ1v) is 4.05. The summed E-state index contributed by atoms with van der Waals surface area (Å²) in [5, 5.41) is 0. The summed E-state index contributed by atoms with van der Waals surface area (Å²) in [5.41, 5.74) is 1.60. The molecule has 0 saturated heterocycles. The highest BCUT2D eigenvalue weighted by atomic mass is 19.1. The Morgan fingerprint density at radius 1 is 1.43 bits per heavy atom. The van der Waals surface area contributed by atoms with Crippen molar-refractivity contribution in [2.75, 3.05) is 0 Å². The van der Waals surface area contributed by atoms with Crippen LogP contribution in [0.2, 0.25) is 0 Å². The highest BCUT2D eigenvalue weighted by Crippen LogP contribution is 2.20. The van der Waals surface area contributed by atoms with Crippen molar-refractivity contribution in [3.05, 3.63) is 42.1 Å². The maximum Gasteiger partial charge on any atom is 0.150 e. The molecule has 14 heavy (non-hydrogen) atoms. The molecule has 0 amide bonds. The molecule has 4 heteroatoms. The van der Waals surface area contributed by atoms with Crippen molar-refractivity contribution >= 4 is 6.29 Å². The average molecular weight is 190 g/mol. The van der Waals surface area contributed by atoms with Gasteiger partial charge in [-0.2, -0.15) is 0 Å². The minimum absolute atomic E-state index is 0.375. The standard InChI is InChI=1S/C10H7FN2O/c11-8-2-1-7(5-14)9(3-8)10-4-12-6-13-10/h1-6H,(H,12,13). The van der Waals surface area contributed by atoms with E-state index in [1.807, 2.05) is 0 Å². The zero-order valence-corrected chi connectivity index (χ0v) is 7.20. The molecule has 1 N–H and O–H groups in total. The largest absolute Gasteiger partial charge is 0.345 e. The van der Waals surface area contributed by atoms with Gasteiger partial charge in [0.25, 0.3) is 0 Å². The van der Waals surface area contributed by atoms with Gasteiger partial charge in [0, 0.05) is 11.1 Å². The number of nitrogens with one attached hydrogen (secondary N) is 1. The number of carbonyl (C=O) groups excluding carboxylic acids is 1. The van der Waals surface area contributed by atoms with E-state index in [4.69, 9.17) is 0 Å². The summed E-state index contributed by atoms with van der Waals surface area (Å²) in [6, 6.07) is 4.00. The van der Waals surface area contributed by atoms with Crippen LogP contribution in [0.25, 0.3) is 11.3 Å². The number of aldehydes is 1. The van der Waals surface area contributed by atoms with Gasteiger partial charge in [0.05, 0.1) is 18.2 Å². The molecule has 1 aromatic heterocycles. The Morgan fingerprint density at radius 2 is 2.29 bits per heavy atom. The molecule has 0 bridgehead atoms. The topological polar surface area (TPSA) is 45.8 Å². The molecule has 1 heterocycles. The maximum absolute atomic E-state index is 12.9. The molecule has 0 fully saturated rings. The van der Waals surface area contributed by atoms with E-state index in [1.54, 1.807) is 6.20 Å². The van der Waals surface area contributed by atoms with Gasteiger partial charge in [0.15, 0.2) is 6.29 Å². The van der Waals surface area contributed by atoms with Crippen LogP contribution >= 0.6 is 0 Å². The molecule has 3 nitrogen and oxygen atoms in total. The highest BCUT2D eigenvalue weighted by Gasteiger charge is 2.06. The van der Waals surface area contributed by atoms with Crippen LogP contribution in [0.5, 0.6) is 0 Å². The van der Waals surface area contributed by atoms with Gasteiger partial charge in [-0.1, -0.05) is 0 Å². The lowest BCUT2D eigenvalue weighted by Gasteiger charge is -2.01. The number of hydrogen-bond acceptors (Lipinski definition) is 2. The fraction of sp³-hybridized carbons (Fsp3) is 0. The summed E-state index contributed by atoms with van der Waals surface area (Å²) in [7, 11) is 0. The minimum atomic E-state index is -0.375. The number of H-pyrrole nitrogens is 1. The van der Waals surface area contributed by atoms with Crippen molar-refractivity contribution < 1.29 is 9.18 Å². The van der Waals surface area contributed by atoms with Crippen molar-refractivity contribution in [1.29, 1.82) is 0 Å². The van der Waals surface area contributed by atoms with Crippen LogP contribution in [0, 0.1) is 5.82 Å². The fourth-order valence-corrected chi connectivity index (χ4v) is 1.27. The molecular formula is C10H7FN2O. The van der Waals surface area contributed by atoms with Crippen LogP contribution in [0.3, 0.4) is 0 Å². The fourth-order valence-electron chi connectivity index (χ4n) is 1.27. The number of aromatic nitrogens is 2. The lowest BCUT2D eigenvalue weighted by molar-refractivity contribution is 0.112. The molecule has 0 atom stereocenters. The van der Waals surface area contributed by atoms with Crippen LogP contribution in [-0.4, -0.2) is 16.3 Å². The summed E-state index contributed by atoms with van der Waals surface area (Å²) in [6.45, 7) is 0. The minimum Gasteiger partial charge on any atom is -0.345 e. The van der Waals surface area contributed by atoms with Gasteiger partial charge < -0.3 is 4.98 Å². The van der Waals surface area contributed by atoms with E-state index in [0.717, 1.165) is 0 Å². The number of hydrogen-bond donors (Lipinski definition) is 1. The molecule has 0 saturated carbocycles. The highest BCUT2D eigenvalue weighted by molar-refractivity contribution is 5.86. The first kappa shape index (κ1) is 8.62. The molecule has 0 radical (unpaired) electrons. The summed E-state index contributed by atoms with van der Waals surface area (Å²) >= 11 is 0. The average Bonchev–Trinajstić information content (AvgIpc) is 2.70. The van der Waals surface area contributed by atoms with Crippen LogP contribution in [-0.2, 0) is 0 Å². The summed E-state index contributed by atoms with van der Waals surface area (Å²) in [4.78, 5) is 17.3. The maximum atomic E-state index is 12.9. The number of aromatic amines is 1. The number of imidazole rings is 1. The van der Waals surface area contributed by atoms with Crippen molar-refractivity contribution in [3.63, 3.8) is 0 Å². The van der Waals surface area contributed by atoms with Gasteiger partial charge >= 0.3 is 0 Å². The zero-order valence-electron chi connectivity index (χ0n) is 7.20. The number of benzene rings is 1. The number of halogens is 1. The van der Waals surface area contributed by atoms with E-state index in [1.165, 1.54) is 24.5 Å². The Hall–Kier alpha value is -1.97. The predicted molar refractivity (Wildman–Crippen MR) is 49.4 cm³/mol. The van der Waals surface area contributed by atoms with E-state index in [0.29, 0.717) is 23.1 Å².